The van der Waals surface area contributed by atoms with Gasteiger partial charge in [-0.25, -0.2) is 4.39 Å². The Labute approximate surface area is 118 Å². The maximum Gasteiger partial charge on any atom is 0.249 e. The maximum absolute atomic E-state index is 13.0. The number of carbonyl (C=O) groups is 1. The summed E-state index contributed by atoms with van der Waals surface area (Å²) in [6.45, 7) is 7.46. The number of carbonyl (C=O) groups excluding carboxylic acids is 1. The van der Waals surface area contributed by atoms with Gasteiger partial charge in [0.1, 0.15) is 5.82 Å². The van der Waals surface area contributed by atoms with Gasteiger partial charge in [-0.2, -0.15) is 0 Å². The van der Waals surface area contributed by atoms with Gasteiger partial charge in [0.25, 0.3) is 0 Å². The summed E-state index contributed by atoms with van der Waals surface area (Å²) in [5.74, 6) is -0.633. The van der Waals surface area contributed by atoms with Crippen molar-refractivity contribution in [2.24, 2.45) is 5.73 Å². The normalized spacial score (nSPS) is 22.9. The quantitative estimate of drug-likeness (QED) is 0.871. The van der Waals surface area contributed by atoms with Crippen molar-refractivity contribution >= 4 is 14.1 Å². The van der Waals surface area contributed by atoms with Crippen molar-refractivity contribution in [2.75, 3.05) is 0 Å². The molecule has 0 bridgehead atoms. The average molecular weight is 295 g/mol. The average Bonchev–Trinajstić information content (AvgIpc) is 2.53. The number of Topliss-reactive ketones (excluding diaryl/α,β-unsaturated/α-hetero) is 1. The van der Waals surface area contributed by atoms with Crippen molar-refractivity contribution in [3.05, 3.63) is 47.3 Å². The zero-order valence-corrected chi connectivity index (χ0v) is 13.0. The molecule has 1 heterocycles. The summed E-state index contributed by atoms with van der Waals surface area (Å²) in [5.41, 5.74) is 5.06. The number of hydrogen-bond donors (Lipinski definition) is 1. The predicted molar refractivity (Wildman–Crippen MR) is 75.5 cm³/mol. The Morgan fingerprint density at radius 2 is 1.80 bits per heavy atom. The molecule has 20 heavy (non-hydrogen) atoms. The van der Waals surface area contributed by atoms with Gasteiger partial charge >= 0.3 is 0 Å². The van der Waals surface area contributed by atoms with Crippen molar-refractivity contribution in [2.45, 2.75) is 32.2 Å². The zero-order valence-electron chi connectivity index (χ0n) is 12.0. The van der Waals surface area contributed by atoms with Crippen LogP contribution >= 0.6 is 0 Å². The second kappa shape index (κ2) is 4.62. The van der Waals surface area contributed by atoms with E-state index in [0.717, 1.165) is 0 Å². The van der Waals surface area contributed by atoms with Gasteiger partial charge in [-0.1, -0.05) is 12.1 Å². The summed E-state index contributed by atoms with van der Waals surface area (Å²) in [6.07, 6.45) is 0. The maximum atomic E-state index is 13.0. The first kappa shape index (κ1) is 14.6. The molecular weight excluding hydrogens is 277 g/mol. The lowest BCUT2D eigenvalue weighted by molar-refractivity contribution is -0.131. The summed E-state index contributed by atoms with van der Waals surface area (Å²) in [7, 11) is -1.98. The number of benzene rings is 1. The Balaban J connectivity index is 2.34. The summed E-state index contributed by atoms with van der Waals surface area (Å²) in [6, 6.07) is 5.59. The van der Waals surface area contributed by atoms with Crippen LogP contribution in [0.25, 0.3) is 0 Å². The molecule has 6 heteroatoms. The van der Waals surface area contributed by atoms with Crippen molar-refractivity contribution in [3.8, 4) is 0 Å². The van der Waals surface area contributed by atoms with Gasteiger partial charge in [0.05, 0.1) is 0 Å². The highest BCUT2D eigenvalue weighted by Gasteiger charge is 2.48. The SMILES string of the molecule is CC1(c2ccc(F)cc2)OC(N)=C(O[Si](C)(C)C)C1=O. The molecule has 1 atom stereocenters. The van der Waals surface area contributed by atoms with E-state index in [1.54, 1.807) is 6.92 Å². The minimum atomic E-state index is -1.98. The minimum absolute atomic E-state index is 0.00995. The highest BCUT2D eigenvalue weighted by molar-refractivity contribution is 6.70. The second-order valence-corrected chi connectivity index (χ2v) is 10.3. The van der Waals surface area contributed by atoms with E-state index in [1.165, 1.54) is 24.3 Å². The van der Waals surface area contributed by atoms with Crippen molar-refractivity contribution in [1.29, 1.82) is 0 Å². The number of rotatable bonds is 3. The number of nitrogens with two attached hydrogens (primary N) is 1. The molecule has 1 aliphatic rings. The standard InChI is InChI=1S/C14H18FNO3Si/c1-14(9-5-7-10(15)8-6-9)12(17)11(13(16)18-14)19-20(2,3)4/h5-8H,16H2,1-4H3. The second-order valence-electron chi connectivity index (χ2n) is 5.88. The van der Waals surface area contributed by atoms with Crippen molar-refractivity contribution in [1.82, 2.24) is 0 Å². The molecule has 1 unspecified atom stereocenters. The van der Waals surface area contributed by atoms with Gasteiger partial charge in [0.2, 0.25) is 25.7 Å². The van der Waals surface area contributed by atoms with E-state index in [-0.39, 0.29) is 23.2 Å². The van der Waals surface area contributed by atoms with E-state index >= 15 is 0 Å². The van der Waals surface area contributed by atoms with Crippen LogP contribution < -0.4 is 5.73 Å². The third-order valence-corrected chi connectivity index (χ3v) is 3.80. The Morgan fingerprint density at radius 1 is 1.25 bits per heavy atom. The fraction of sp³-hybridized carbons (Fsp3) is 0.357. The van der Waals surface area contributed by atoms with E-state index in [9.17, 15) is 9.18 Å². The van der Waals surface area contributed by atoms with Crippen LogP contribution in [0.1, 0.15) is 12.5 Å². The van der Waals surface area contributed by atoms with Crippen LogP contribution in [-0.2, 0) is 19.6 Å². The molecule has 2 rings (SSSR count). The fourth-order valence-corrected chi connectivity index (χ4v) is 2.81. The van der Waals surface area contributed by atoms with Gasteiger partial charge < -0.3 is 14.9 Å². The van der Waals surface area contributed by atoms with Crippen LogP contribution in [0.4, 0.5) is 4.39 Å². The van der Waals surface area contributed by atoms with Gasteiger partial charge in [0.15, 0.2) is 5.60 Å². The fourth-order valence-electron chi connectivity index (χ4n) is 2.00. The smallest absolute Gasteiger partial charge is 0.249 e. The topological polar surface area (TPSA) is 61.6 Å². The molecule has 1 aromatic carbocycles. The van der Waals surface area contributed by atoms with Crippen LogP contribution in [-0.4, -0.2) is 14.1 Å². The lowest BCUT2D eigenvalue weighted by Gasteiger charge is -2.23. The molecule has 0 aromatic heterocycles. The van der Waals surface area contributed by atoms with Gasteiger partial charge in [-0.05, 0) is 38.7 Å². The van der Waals surface area contributed by atoms with Crippen LogP contribution in [0, 0.1) is 5.82 Å². The van der Waals surface area contributed by atoms with Crippen LogP contribution in [0.2, 0.25) is 19.6 Å². The molecule has 1 aliphatic heterocycles. The number of ether oxygens (including phenoxy) is 1. The van der Waals surface area contributed by atoms with Crippen LogP contribution in [0.5, 0.6) is 0 Å². The highest BCUT2D eigenvalue weighted by atomic mass is 28.4. The van der Waals surface area contributed by atoms with Gasteiger partial charge in [-0.3, -0.25) is 4.79 Å². The molecular formula is C14H18FNO3Si. The molecule has 0 spiro atoms. The molecule has 2 N–H and O–H groups in total. The molecule has 1 aromatic rings. The Hall–Kier alpha value is -1.82. The zero-order chi connectivity index (χ0) is 15.1. The van der Waals surface area contributed by atoms with Gasteiger partial charge in [0, 0.05) is 5.56 Å². The number of ketones is 1. The van der Waals surface area contributed by atoms with Crippen molar-refractivity contribution in [3.63, 3.8) is 0 Å². The Morgan fingerprint density at radius 3 is 2.30 bits per heavy atom. The summed E-state index contributed by atoms with van der Waals surface area (Å²) < 4.78 is 24.2. The first-order valence-electron chi connectivity index (χ1n) is 6.32. The Kier molecular flexibility index (Phi) is 3.37. The number of hydrogen-bond acceptors (Lipinski definition) is 4. The summed E-state index contributed by atoms with van der Waals surface area (Å²) >= 11 is 0. The molecule has 0 saturated heterocycles. The first-order chi connectivity index (χ1) is 9.13. The van der Waals surface area contributed by atoms with Gasteiger partial charge in [-0.15, -0.1) is 0 Å². The van der Waals surface area contributed by atoms with Crippen LogP contribution in [0.3, 0.4) is 0 Å². The Bertz CT molecular complexity index is 577. The predicted octanol–water partition coefficient (Wildman–Crippen LogP) is 2.62. The highest BCUT2D eigenvalue weighted by Crippen LogP contribution is 2.38. The molecule has 0 fully saturated rings. The van der Waals surface area contributed by atoms with E-state index in [0.29, 0.717) is 5.56 Å². The largest absolute Gasteiger partial charge is 0.538 e. The molecule has 0 radical (unpaired) electrons. The lowest BCUT2D eigenvalue weighted by Crippen LogP contribution is -2.34. The third kappa shape index (κ3) is 2.56. The van der Waals surface area contributed by atoms with Crippen LogP contribution in [0.15, 0.2) is 35.9 Å². The first-order valence-corrected chi connectivity index (χ1v) is 9.73. The molecule has 0 amide bonds. The van der Waals surface area contributed by atoms with E-state index in [4.69, 9.17) is 14.9 Å². The molecule has 0 aliphatic carbocycles. The monoisotopic (exact) mass is 295 g/mol. The van der Waals surface area contributed by atoms with E-state index < -0.39 is 13.9 Å². The molecule has 108 valence electrons. The summed E-state index contributed by atoms with van der Waals surface area (Å²) in [5, 5.41) is 0. The number of halogens is 1. The molecule has 4 nitrogen and oxygen atoms in total. The molecule has 0 saturated carbocycles. The lowest BCUT2D eigenvalue weighted by atomic mass is 9.92. The van der Waals surface area contributed by atoms with Crippen molar-refractivity contribution < 1.29 is 18.3 Å². The van der Waals surface area contributed by atoms with E-state index in [2.05, 4.69) is 0 Å². The van der Waals surface area contributed by atoms with E-state index in [1.807, 2.05) is 19.6 Å². The third-order valence-electron chi connectivity index (χ3n) is 2.98. The summed E-state index contributed by atoms with van der Waals surface area (Å²) in [4.78, 5) is 12.5. The minimum Gasteiger partial charge on any atom is -0.538 e.